The number of pyridine rings is 1. The van der Waals surface area contributed by atoms with Crippen molar-refractivity contribution in [3.63, 3.8) is 0 Å². The minimum Gasteiger partial charge on any atom is -0.440 e. The third-order valence-electron chi connectivity index (χ3n) is 4.22. The summed E-state index contributed by atoms with van der Waals surface area (Å²) in [6, 6.07) is 19.1. The highest BCUT2D eigenvalue weighted by Gasteiger charge is 2.15. The Morgan fingerprint density at radius 3 is 2.52 bits per heavy atom. The fraction of sp³-hybridized carbons (Fsp3) is 0.0909. The van der Waals surface area contributed by atoms with Crippen LogP contribution in [0, 0.1) is 5.82 Å². The molecule has 7 heteroatoms. The van der Waals surface area contributed by atoms with Gasteiger partial charge in [0, 0.05) is 11.8 Å². The van der Waals surface area contributed by atoms with Crippen LogP contribution in [0.2, 0.25) is 0 Å². The SMILES string of the molecule is CCc1nc(-c2ccc(F)cc2)c(-c2ccnc(N=[S-](=O)c3ccccc3)c2)s1. The van der Waals surface area contributed by atoms with Crippen LogP contribution in [0.5, 0.6) is 0 Å². The summed E-state index contributed by atoms with van der Waals surface area (Å²) in [5.41, 5.74) is 2.54. The van der Waals surface area contributed by atoms with E-state index in [4.69, 9.17) is 4.98 Å². The molecule has 4 nitrogen and oxygen atoms in total. The summed E-state index contributed by atoms with van der Waals surface area (Å²) in [6.45, 7) is 2.05. The maximum Gasteiger partial charge on any atom is 0.129 e. The van der Waals surface area contributed by atoms with E-state index >= 15 is 0 Å². The monoisotopic (exact) mass is 422 g/mol. The van der Waals surface area contributed by atoms with Crippen LogP contribution in [0.15, 0.2) is 82.2 Å². The van der Waals surface area contributed by atoms with E-state index < -0.39 is 10.6 Å². The maximum absolute atomic E-state index is 13.3. The molecule has 0 N–H and O–H groups in total. The Labute approximate surface area is 174 Å². The van der Waals surface area contributed by atoms with Crippen LogP contribution >= 0.6 is 11.3 Å². The molecule has 0 saturated heterocycles. The van der Waals surface area contributed by atoms with Gasteiger partial charge in [-0.1, -0.05) is 42.2 Å². The first-order chi connectivity index (χ1) is 14.1. The van der Waals surface area contributed by atoms with E-state index in [1.54, 1.807) is 47.9 Å². The Bertz CT molecular complexity index is 1210. The van der Waals surface area contributed by atoms with Crippen molar-refractivity contribution in [1.82, 2.24) is 9.97 Å². The molecule has 0 radical (unpaired) electrons. The normalized spacial score (nSPS) is 12.2. The van der Waals surface area contributed by atoms with Crippen molar-refractivity contribution in [1.29, 1.82) is 0 Å². The molecule has 146 valence electrons. The molecule has 0 aliphatic heterocycles. The lowest BCUT2D eigenvalue weighted by atomic mass is 10.1. The van der Waals surface area contributed by atoms with Crippen molar-refractivity contribution in [3.8, 4) is 21.7 Å². The van der Waals surface area contributed by atoms with Crippen LogP contribution in [0.1, 0.15) is 11.9 Å². The summed E-state index contributed by atoms with van der Waals surface area (Å²) in [5, 5.41) is 0.988. The van der Waals surface area contributed by atoms with Gasteiger partial charge in [0.25, 0.3) is 0 Å². The third-order valence-corrected chi connectivity index (χ3v) is 6.50. The van der Waals surface area contributed by atoms with Gasteiger partial charge in [0.15, 0.2) is 0 Å². The average Bonchev–Trinajstić information content (AvgIpc) is 3.20. The third kappa shape index (κ3) is 4.41. The molecule has 29 heavy (non-hydrogen) atoms. The summed E-state index contributed by atoms with van der Waals surface area (Å²) in [7, 11) is -1.53. The molecule has 4 aromatic rings. The highest BCUT2D eigenvalue weighted by Crippen LogP contribution is 2.38. The lowest BCUT2D eigenvalue weighted by Crippen LogP contribution is -1.85. The van der Waals surface area contributed by atoms with Crippen LogP contribution in [0.4, 0.5) is 10.2 Å². The molecule has 4 rings (SSSR count). The number of halogens is 1. The highest BCUT2D eigenvalue weighted by molar-refractivity contribution is 7.75. The molecular weight excluding hydrogens is 405 g/mol. The average molecular weight is 423 g/mol. The molecule has 2 heterocycles. The zero-order chi connectivity index (χ0) is 20.2. The smallest absolute Gasteiger partial charge is 0.129 e. The minimum absolute atomic E-state index is 0.283. The molecule has 0 aliphatic rings. The van der Waals surface area contributed by atoms with Gasteiger partial charge < -0.3 is 8.57 Å². The first-order valence-corrected chi connectivity index (χ1v) is 11.0. The van der Waals surface area contributed by atoms with Gasteiger partial charge in [-0.25, -0.2) is 14.4 Å². The highest BCUT2D eigenvalue weighted by atomic mass is 32.2. The van der Waals surface area contributed by atoms with Crippen molar-refractivity contribution in [2.75, 3.05) is 0 Å². The zero-order valence-electron chi connectivity index (χ0n) is 15.6. The number of hydrogen-bond acceptors (Lipinski definition) is 6. The van der Waals surface area contributed by atoms with Crippen molar-refractivity contribution < 1.29 is 8.60 Å². The topological polar surface area (TPSA) is 55.2 Å². The summed E-state index contributed by atoms with van der Waals surface area (Å²) in [4.78, 5) is 10.6. The lowest BCUT2D eigenvalue weighted by Gasteiger charge is -2.07. The van der Waals surface area contributed by atoms with Crippen molar-refractivity contribution >= 4 is 27.8 Å². The predicted molar refractivity (Wildman–Crippen MR) is 115 cm³/mol. The zero-order valence-corrected chi connectivity index (χ0v) is 17.2. The molecule has 0 saturated carbocycles. The summed E-state index contributed by atoms with van der Waals surface area (Å²) in [5.74, 6) is 0.107. The van der Waals surface area contributed by atoms with Crippen LogP contribution in [-0.2, 0) is 21.2 Å². The van der Waals surface area contributed by atoms with E-state index in [1.807, 2.05) is 31.2 Å². The van der Waals surface area contributed by atoms with Gasteiger partial charge >= 0.3 is 0 Å². The van der Waals surface area contributed by atoms with Crippen LogP contribution in [-0.4, -0.2) is 9.97 Å². The summed E-state index contributed by atoms with van der Waals surface area (Å²) >= 11 is 1.59. The van der Waals surface area contributed by atoms with Gasteiger partial charge in [0.2, 0.25) is 0 Å². The van der Waals surface area contributed by atoms with Crippen LogP contribution in [0.3, 0.4) is 0 Å². The number of nitrogens with zero attached hydrogens (tertiary/aromatic N) is 3. The maximum atomic E-state index is 13.3. The molecule has 0 spiro atoms. The molecule has 0 amide bonds. The van der Waals surface area contributed by atoms with Gasteiger partial charge in [-0.2, -0.15) is 10.6 Å². The predicted octanol–water partition coefficient (Wildman–Crippen LogP) is 6.41. The Hall–Kier alpha value is -2.90. The number of aromatic nitrogens is 2. The van der Waals surface area contributed by atoms with E-state index in [0.29, 0.717) is 10.7 Å². The Kier molecular flexibility index (Phi) is 5.78. The van der Waals surface area contributed by atoms with Gasteiger partial charge in [-0.3, -0.25) is 0 Å². The molecule has 2 aromatic carbocycles. The Balaban J connectivity index is 1.76. The van der Waals surface area contributed by atoms with Crippen LogP contribution in [0.25, 0.3) is 21.7 Å². The van der Waals surface area contributed by atoms with Crippen molar-refractivity contribution in [2.45, 2.75) is 18.2 Å². The molecule has 2 aromatic heterocycles. The molecule has 0 aliphatic carbocycles. The number of thiazole rings is 1. The first kappa shape index (κ1) is 19.4. The van der Waals surface area contributed by atoms with Gasteiger partial charge in [-0.05, 0) is 48.4 Å². The molecular formula is C22H17FN3OS2-. The van der Waals surface area contributed by atoms with Crippen molar-refractivity contribution in [2.24, 2.45) is 4.36 Å². The molecule has 0 unspecified atom stereocenters. The standard InChI is InChI=1S/C22H17FN3OS2/c1-2-20-25-21(15-8-10-17(23)11-9-15)22(28-20)16-12-13-24-19(14-16)26-29(27)18-6-4-3-5-7-18/h3-14H,2H2,1H3/q-1. The largest absolute Gasteiger partial charge is 0.440 e. The minimum atomic E-state index is -1.53. The molecule has 0 fully saturated rings. The Morgan fingerprint density at radius 2 is 1.79 bits per heavy atom. The first-order valence-electron chi connectivity index (χ1n) is 9.05. The van der Waals surface area contributed by atoms with Crippen molar-refractivity contribution in [3.05, 3.63) is 83.8 Å². The molecule has 0 atom stereocenters. The lowest BCUT2D eigenvalue weighted by molar-refractivity contribution is 0.600. The number of aryl methyl sites for hydroxylation is 1. The van der Waals surface area contributed by atoms with E-state index in [0.717, 1.165) is 33.1 Å². The fourth-order valence-corrected chi connectivity index (χ4v) is 4.59. The van der Waals surface area contributed by atoms with E-state index in [-0.39, 0.29) is 5.82 Å². The van der Waals surface area contributed by atoms with Gasteiger partial charge in [0.05, 0.1) is 15.6 Å². The quantitative estimate of drug-likeness (QED) is 0.349. The number of benzene rings is 2. The number of hydrogen-bond donors (Lipinski definition) is 0. The number of rotatable bonds is 5. The summed E-state index contributed by atoms with van der Waals surface area (Å²) in [6.07, 6.45) is 2.45. The fourth-order valence-electron chi connectivity index (χ4n) is 2.80. The van der Waals surface area contributed by atoms with E-state index in [2.05, 4.69) is 9.35 Å². The van der Waals surface area contributed by atoms with Crippen LogP contribution < -0.4 is 0 Å². The van der Waals surface area contributed by atoms with Gasteiger partial charge in [0.1, 0.15) is 11.6 Å². The summed E-state index contributed by atoms with van der Waals surface area (Å²) < 4.78 is 30.1. The second-order valence-electron chi connectivity index (χ2n) is 6.20. The second kappa shape index (κ2) is 8.63. The van der Waals surface area contributed by atoms with E-state index in [9.17, 15) is 8.60 Å². The van der Waals surface area contributed by atoms with Gasteiger partial charge in [-0.15, -0.1) is 11.3 Å². The molecule has 0 bridgehead atoms. The Morgan fingerprint density at radius 1 is 1.03 bits per heavy atom. The van der Waals surface area contributed by atoms with E-state index in [1.165, 1.54) is 12.1 Å². The second-order valence-corrected chi connectivity index (χ2v) is 8.44.